The highest BCUT2D eigenvalue weighted by molar-refractivity contribution is 6.31. The van der Waals surface area contributed by atoms with Crippen molar-refractivity contribution in [2.45, 2.75) is 6.18 Å². The van der Waals surface area contributed by atoms with E-state index in [-0.39, 0.29) is 33.5 Å². The van der Waals surface area contributed by atoms with Crippen molar-refractivity contribution >= 4 is 28.8 Å². The largest absolute Gasteiger partial charge is 0.463 e. The van der Waals surface area contributed by atoms with Crippen LogP contribution in [-0.2, 0) is 6.18 Å². The molecule has 1 amide bonds. The highest BCUT2D eigenvalue weighted by Crippen LogP contribution is 2.32. The third-order valence-corrected chi connectivity index (χ3v) is 4.19. The monoisotopic (exact) mass is 424 g/mol. The van der Waals surface area contributed by atoms with Crippen LogP contribution in [-0.4, -0.2) is 20.5 Å². The molecule has 0 unspecified atom stereocenters. The summed E-state index contributed by atoms with van der Waals surface area (Å²) in [7, 11) is 0. The maximum atomic E-state index is 13.5. The Morgan fingerprint density at radius 1 is 1.17 bits per heavy atom. The van der Waals surface area contributed by atoms with Crippen LogP contribution >= 0.6 is 11.6 Å². The Morgan fingerprint density at radius 3 is 2.62 bits per heavy atom. The number of nitrogens with one attached hydrogen (secondary N) is 1. The van der Waals surface area contributed by atoms with E-state index in [4.69, 9.17) is 16.0 Å². The summed E-state index contributed by atoms with van der Waals surface area (Å²) < 4.78 is 59.4. The van der Waals surface area contributed by atoms with Crippen molar-refractivity contribution in [3.63, 3.8) is 0 Å². The maximum absolute atomic E-state index is 13.5. The zero-order chi connectivity index (χ0) is 20.8. The summed E-state index contributed by atoms with van der Waals surface area (Å²) in [5.41, 5.74) is -1.56. The maximum Gasteiger partial charge on any atom is 0.433 e. The van der Waals surface area contributed by atoms with Crippen molar-refractivity contribution in [1.29, 1.82) is 0 Å². The van der Waals surface area contributed by atoms with Gasteiger partial charge in [0.05, 0.1) is 11.3 Å². The van der Waals surface area contributed by atoms with Gasteiger partial charge in [-0.2, -0.15) is 18.3 Å². The van der Waals surface area contributed by atoms with Crippen LogP contribution in [0.3, 0.4) is 0 Å². The number of hydrogen-bond acceptors (Lipinski definition) is 4. The summed E-state index contributed by atoms with van der Waals surface area (Å²) in [6.07, 6.45) is -3.45. The van der Waals surface area contributed by atoms with Gasteiger partial charge in [0.25, 0.3) is 5.91 Å². The fourth-order valence-electron chi connectivity index (χ4n) is 2.61. The van der Waals surface area contributed by atoms with Gasteiger partial charge in [-0.1, -0.05) is 11.6 Å². The molecule has 0 aliphatic heterocycles. The second-order valence-electron chi connectivity index (χ2n) is 5.88. The molecule has 6 nitrogen and oxygen atoms in total. The summed E-state index contributed by atoms with van der Waals surface area (Å²) in [5, 5.41) is 5.90. The lowest BCUT2D eigenvalue weighted by Crippen LogP contribution is -2.15. The molecule has 3 aromatic heterocycles. The fourth-order valence-corrected chi connectivity index (χ4v) is 2.79. The third kappa shape index (κ3) is 3.66. The number of carbonyl (C=O) groups is 1. The Kier molecular flexibility index (Phi) is 4.50. The van der Waals surface area contributed by atoms with Crippen molar-refractivity contribution in [2.75, 3.05) is 5.32 Å². The molecule has 4 rings (SSSR count). The van der Waals surface area contributed by atoms with E-state index in [0.29, 0.717) is 4.52 Å². The van der Waals surface area contributed by atoms with E-state index in [9.17, 15) is 22.4 Å². The number of amides is 1. The molecule has 0 aliphatic carbocycles. The fraction of sp³-hybridized carbons (Fsp3) is 0.0556. The topological polar surface area (TPSA) is 72.4 Å². The van der Waals surface area contributed by atoms with Crippen LogP contribution in [0.25, 0.3) is 17.1 Å². The zero-order valence-corrected chi connectivity index (χ0v) is 14.9. The van der Waals surface area contributed by atoms with Crippen molar-refractivity contribution in [3.8, 4) is 11.5 Å². The molecule has 0 fully saturated rings. The van der Waals surface area contributed by atoms with Crippen LogP contribution in [0.2, 0.25) is 5.02 Å². The lowest BCUT2D eigenvalue weighted by atomic mass is 10.2. The van der Waals surface area contributed by atoms with Crippen molar-refractivity contribution < 1.29 is 26.8 Å². The van der Waals surface area contributed by atoms with Crippen LogP contribution in [0.5, 0.6) is 0 Å². The van der Waals surface area contributed by atoms with Gasteiger partial charge in [0.1, 0.15) is 11.5 Å². The number of anilines is 1. The number of nitrogens with zero attached hydrogens (tertiary/aromatic N) is 3. The zero-order valence-electron chi connectivity index (χ0n) is 14.2. The molecular weight excluding hydrogens is 416 g/mol. The first-order valence-corrected chi connectivity index (χ1v) is 8.38. The molecule has 3 heterocycles. The average Bonchev–Trinajstić information content (AvgIpc) is 3.32. The van der Waals surface area contributed by atoms with E-state index >= 15 is 0 Å². The van der Waals surface area contributed by atoms with Gasteiger partial charge in [-0.25, -0.2) is 13.9 Å². The summed E-state index contributed by atoms with van der Waals surface area (Å²) in [5.74, 6) is -1.36. The first-order chi connectivity index (χ1) is 13.7. The Hall–Kier alpha value is -3.40. The second kappa shape index (κ2) is 6.89. The molecule has 0 saturated heterocycles. The molecule has 0 saturated carbocycles. The van der Waals surface area contributed by atoms with Gasteiger partial charge in [0, 0.05) is 11.8 Å². The predicted octanol–water partition coefficient (Wildman–Crippen LogP) is 5.05. The van der Waals surface area contributed by atoms with Crippen LogP contribution in [0, 0.1) is 5.82 Å². The Bertz CT molecular complexity index is 1220. The van der Waals surface area contributed by atoms with E-state index in [0.717, 1.165) is 18.2 Å². The van der Waals surface area contributed by atoms with Gasteiger partial charge in [-0.3, -0.25) is 4.79 Å². The number of halogens is 5. The first kappa shape index (κ1) is 18.9. The number of alkyl halides is 3. The summed E-state index contributed by atoms with van der Waals surface area (Å²) in [6.45, 7) is 0. The molecule has 0 spiro atoms. The number of benzene rings is 1. The molecule has 29 heavy (non-hydrogen) atoms. The molecular formula is C18H9ClF4N4O2. The number of aromatic nitrogens is 3. The Labute approximate surface area is 164 Å². The Morgan fingerprint density at radius 2 is 1.97 bits per heavy atom. The number of rotatable bonds is 3. The van der Waals surface area contributed by atoms with Gasteiger partial charge >= 0.3 is 6.18 Å². The second-order valence-corrected chi connectivity index (χ2v) is 6.29. The Balaban J connectivity index is 1.76. The van der Waals surface area contributed by atoms with Crippen LogP contribution < -0.4 is 5.32 Å². The van der Waals surface area contributed by atoms with Crippen LogP contribution in [0.1, 0.15) is 16.2 Å². The standard InChI is InChI=1S/C18H9ClF4N4O2/c19-10-6-9(3-4-11(10)20)24-17(28)13-8-16-25-12(14-2-1-5-29-14)7-15(18(21,22)23)27(16)26-13/h1-8H,(H,24,28). The summed E-state index contributed by atoms with van der Waals surface area (Å²) in [4.78, 5) is 16.5. The SMILES string of the molecule is O=C(Nc1ccc(F)c(Cl)c1)c1cc2nc(-c3ccco3)cc(C(F)(F)F)n2n1. The first-order valence-electron chi connectivity index (χ1n) is 8.00. The van der Waals surface area contributed by atoms with Gasteiger partial charge in [-0.15, -0.1) is 0 Å². The minimum absolute atomic E-state index is 0.0630. The lowest BCUT2D eigenvalue weighted by molar-refractivity contribution is -0.142. The molecule has 0 radical (unpaired) electrons. The molecule has 0 atom stereocenters. The van der Waals surface area contributed by atoms with Crippen molar-refractivity contribution in [2.24, 2.45) is 0 Å². The van der Waals surface area contributed by atoms with Crippen molar-refractivity contribution in [1.82, 2.24) is 14.6 Å². The van der Waals surface area contributed by atoms with Gasteiger partial charge in [0.2, 0.25) is 0 Å². The van der Waals surface area contributed by atoms with Gasteiger partial charge < -0.3 is 9.73 Å². The molecule has 11 heteroatoms. The smallest absolute Gasteiger partial charge is 0.433 e. The van der Waals surface area contributed by atoms with E-state index in [1.54, 1.807) is 0 Å². The van der Waals surface area contributed by atoms with E-state index in [1.807, 2.05) is 0 Å². The van der Waals surface area contributed by atoms with E-state index < -0.39 is 23.6 Å². The normalized spacial score (nSPS) is 11.8. The molecule has 0 bridgehead atoms. The quantitative estimate of drug-likeness (QED) is 0.467. The summed E-state index contributed by atoms with van der Waals surface area (Å²) >= 11 is 5.65. The highest BCUT2D eigenvalue weighted by atomic mass is 35.5. The minimum Gasteiger partial charge on any atom is -0.463 e. The minimum atomic E-state index is -4.76. The predicted molar refractivity (Wildman–Crippen MR) is 95.1 cm³/mol. The highest BCUT2D eigenvalue weighted by Gasteiger charge is 2.36. The molecule has 1 N–H and O–H groups in total. The van der Waals surface area contributed by atoms with Crippen molar-refractivity contribution in [3.05, 3.63) is 71.0 Å². The number of fused-ring (bicyclic) bond motifs is 1. The van der Waals surface area contributed by atoms with E-state index in [2.05, 4.69) is 15.4 Å². The molecule has 148 valence electrons. The molecule has 0 aliphatic rings. The van der Waals surface area contributed by atoms with Gasteiger partial charge in [-0.05, 0) is 36.4 Å². The summed E-state index contributed by atoms with van der Waals surface area (Å²) in [6, 6.07) is 8.31. The number of hydrogen-bond donors (Lipinski definition) is 1. The molecule has 4 aromatic rings. The third-order valence-electron chi connectivity index (χ3n) is 3.90. The average molecular weight is 425 g/mol. The van der Waals surface area contributed by atoms with Crippen LogP contribution in [0.15, 0.2) is 53.1 Å². The lowest BCUT2D eigenvalue weighted by Gasteiger charge is -2.09. The van der Waals surface area contributed by atoms with Crippen LogP contribution in [0.4, 0.5) is 23.2 Å². The van der Waals surface area contributed by atoms with E-state index in [1.165, 1.54) is 30.5 Å². The number of furan rings is 1. The molecule has 1 aromatic carbocycles. The van der Waals surface area contributed by atoms with Gasteiger partial charge in [0.15, 0.2) is 22.8 Å². The number of carbonyl (C=O) groups excluding carboxylic acids is 1.